The van der Waals surface area contributed by atoms with E-state index in [-0.39, 0.29) is 21.7 Å². The Morgan fingerprint density at radius 2 is 1.63 bits per heavy atom. The van der Waals surface area contributed by atoms with E-state index in [0.717, 1.165) is 12.1 Å². The first-order chi connectivity index (χ1) is 12.7. The third-order valence-corrected chi connectivity index (χ3v) is 5.34. The molecule has 2 rings (SSSR count). The first-order valence-electron chi connectivity index (χ1n) is 7.53. The van der Waals surface area contributed by atoms with Gasteiger partial charge >= 0.3 is 5.97 Å². The SMILES string of the molecule is COC(=O)c1ccc(F)c(NC(=O)c2ccc(S(=O)(=O)N(C)OC)cc2)c1. The maximum Gasteiger partial charge on any atom is 0.337 e. The van der Waals surface area contributed by atoms with Crippen molar-refractivity contribution in [3.05, 3.63) is 59.4 Å². The summed E-state index contributed by atoms with van der Waals surface area (Å²) >= 11 is 0. The van der Waals surface area contributed by atoms with Crippen LogP contribution >= 0.6 is 0 Å². The maximum absolute atomic E-state index is 13.9. The van der Waals surface area contributed by atoms with E-state index < -0.39 is 27.7 Å². The molecule has 2 aromatic carbocycles. The average molecular weight is 396 g/mol. The van der Waals surface area contributed by atoms with Crippen molar-refractivity contribution in [3.63, 3.8) is 0 Å². The number of ether oxygens (including phenoxy) is 1. The number of methoxy groups -OCH3 is 1. The van der Waals surface area contributed by atoms with Crippen LogP contribution < -0.4 is 5.32 Å². The topological polar surface area (TPSA) is 102 Å². The molecule has 0 aliphatic rings. The summed E-state index contributed by atoms with van der Waals surface area (Å²) in [6, 6.07) is 8.38. The highest BCUT2D eigenvalue weighted by Gasteiger charge is 2.21. The predicted molar refractivity (Wildman–Crippen MR) is 94.1 cm³/mol. The Bertz CT molecular complexity index is 960. The average Bonchev–Trinajstić information content (AvgIpc) is 2.68. The predicted octanol–water partition coefficient (Wildman–Crippen LogP) is 2.05. The van der Waals surface area contributed by atoms with Gasteiger partial charge < -0.3 is 10.1 Å². The standard InChI is InChI=1S/C17H17FN2O6S/c1-20(26-3)27(23,24)13-7-4-11(5-8-13)16(21)19-15-10-12(17(22)25-2)6-9-14(15)18/h4-10H,1-3H3,(H,19,21). The van der Waals surface area contributed by atoms with Crippen LogP contribution in [0.1, 0.15) is 20.7 Å². The fraction of sp³-hybridized carbons (Fsp3) is 0.176. The van der Waals surface area contributed by atoms with E-state index in [0.29, 0.717) is 4.47 Å². The summed E-state index contributed by atoms with van der Waals surface area (Å²) in [6.07, 6.45) is 0. The molecule has 2 aromatic rings. The van der Waals surface area contributed by atoms with Crippen molar-refractivity contribution in [1.82, 2.24) is 4.47 Å². The van der Waals surface area contributed by atoms with E-state index in [4.69, 9.17) is 0 Å². The third kappa shape index (κ3) is 4.48. The summed E-state index contributed by atoms with van der Waals surface area (Å²) in [6.45, 7) is 0. The number of carbonyl (C=O) groups is 2. The largest absolute Gasteiger partial charge is 0.465 e. The van der Waals surface area contributed by atoms with Crippen LogP contribution in [0.3, 0.4) is 0 Å². The Morgan fingerprint density at radius 3 is 2.19 bits per heavy atom. The third-order valence-electron chi connectivity index (χ3n) is 3.65. The number of carbonyl (C=O) groups excluding carboxylic acids is 2. The molecule has 0 unspecified atom stereocenters. The molecule has 0 radical (unpaired) electrons. The number of amides is 1. The summed E-state index contributed by atoms with van der Waals surface area (Å²) in [5.74, 6) is -2.10. The van der Waals surface area contributed by atoms with Crippen LogP contribution in [0.4, 0.5) is 10.1 Å². The van der Waals surface area contributed by atoms with Crippen LogP contribution in [0.5, 0.6) is 0 Å². The van der Waals surface area contributed by atoms with E-state index in [1.54, 1.807) is 0 Å². The van der Waals surface area contributed by atoms with Gasteiger partial charge in [-0.15, -0.1) is 0 Å². The molecule has 0 saturated heterocycles. The Balaban J connectivity index is 2.23. The number of hydroxylamine groups is 1. The molecule has 0 aromatic heterocycles. The van der Waals surface area contributed by atoms with Gasteiger partial charge in [0.2, 0.25) is 0 Å². The fourth-order valence-corrected chi connectivity index (χ4v) is 3.06. The molecule has 0 saturated carbocycles. The van der Waals surface area contributed by atoms with Gasteiger partial charge in [0.05, 0.1) is 30.4 Å². The molecule has 0 aliphatic carbocycles. The minimum absolute atomic E-state index is 0.0678. The van der Waals surface area contributed by atoms with Crippen LogP contribution in [0.15, 0.2) is 47.4 Å². The molecule has 1 amide bonds. The molecule has 8 nitrogen and oxygen atoms in total. The van der Waals surface area contributed by atoms with Crippen molar-refractivity contribution < 1.29 is 32.0 Å². The second-order valence-electron chi connectivity index (χ2n) is 5.26. The zero-order valence-electron chi connectivity index (χ0n) is 14.7. The van der Waals surface area contributed by atoms with Crippen LogP contribution in [-0.2, 0) is 19.6 Å². The molecule has 144 valence electrons. The van der Waals surface area contributed by atoms with Crippen molar-refractivity contribution in [2.24, 2.45) is 0 Å². The monoisotopic (exact) mass is 396 g/mol. The zero-order chi connectivity index (χ0) is 20.2. The first kappa shape index (κ1) is 20.5. The molecular weight excluding hydrogens is 379 g/mol. The summed E-state index contributed by atoms with van der Waals surface area (Å²) in [5, 5.41) is 2.33. The van der Waals surface area contributed by atoms with Crippen LogP contribution in [0, 0.1) is 5.82 Å². The van der Waals surface area contributed by atoms with Gasteiger partial charge in [-0.1, -0.05) is 4.47 Å². The van der Waals surface area contributed by atoms with Gasteiger partial charge in [0.15, 0.2) is 0 Å². The van der Waals surface area contributed by atoms with Crippen LogP contribution in [-0.4, -0.2) is 46.0 Å². The normalized spacial score (nSPS) is 11.3. The van der Waals surface area contributed by atoms with E-state index >= 15 is 0 Å². The van der Waals surface area contributed by atoms with Gasteiger partial charge in [-0.2, -0.15) is 0 Å². The number of nitrogens with one attached hydrogen (secondary N) is 1. The Kier molecular flexibility index (Phi) is 6.26. The van der Waals surface area contributed by atoms with Crippen molar-refractivity contribution >= 4 is 27.6 Å². The number of benzene rings is 2. The molecule has 1 N–H and O–H groups in total. The molecular formula is C17H17FN2O6S. The fourth-order valence-electron chi connectivity index (χ4n) is 2.09. The Hall–Kier alpha value is -2.82. The summed E-state index contributed by atoms with van der Waals surface area (Å²) in [5.41, 5.74) is -0.0474. The number of sulfonamides is 1. The van der Waals surface area contributed by atoms with Crippen molar-refractivity contribution in [1.29, 1.82) is 0 Å². The summed E-state index contributed by atoms with van der Waals surface area (Å²) in [4.78, 5) is 28.4. The van der Waals surface area contributed by atoms with Crippen molar-refractivity contribution in [2.75, 3.05) is 26.6 Å². The maximum atomic E-state index is 13.9. The molecule has 27 heavy (non-hydrogen) atoms. The molecule has 0 bridgehead atoms. The number of hydrogen-bond donors (Lipinski definition) is 1. The second kappa shape index (κ2) is 8.25. The highest BCUT2D eigenvalue weighted by atomic mass is 32.2. The molecule has 0 spiro atoms. The van der Waals surface area contributed by atoms with Gasteiger partial charge in [0.1, 0.15) is 5.82 Å². The molecule has 0 heterocycles. The lowest BCUT2D eigenvalue weighted by molar-refractivity contribution is -0.0258. The lowest BCUT2D eigenvalue weighted by atomic mass is 10.1. The van der Waals surface area contributed by atoms with Crippen LogP contribution in [0.2, 0.25) is 0 Å². The summed E-state index contributed by atoms with van der Waals surface area (Å²) < 4.78 is 43.4. The first-order valence-corrected chi connectivity index (χ1v) is 8.97. The number of hydrogen-bond acceptors (Lipinski definition) is 6. The van der Waals surface area contributed by atoms with Crippen molar-refractivity contribution in [3.8, 4) is 0 Å². The number of halogens is 1. The zero-order valence-corrected chi connectivity index (χ0v) is 15.5. The highest BCUT2D eigenvalue weighted by molar-refractivity contribution is 7.89. The van der Waals surface area contributed by atoms with Crippen molar-refractivity contribution in [2.45, 2.75) is 4.90 Å². The van der Waals surface area contributed by atoms with Gasteiger partial charge in [-0.25, -0.2) is 17.6 Å². The molecule has 10 heteroatoms. The second-order valence-corrected chi connectivity index (χ2v) is 7.20. The number of rotatable bonds is 6. The molecule has 0 fully saturated rings. The van der Waals surface area contributed by atoms with E-state index in [1.807, 2.05) is 0 Å². The van der Waals surface area contributed by atoms with Gasteiger partial charge in [0, 0.05) is 12.6 Å². The lowest BCUT2D eigenvalue weighted by Crippen LogP contribution is -2.25. The van der Waals surface area contributed by atoms with Gasteiger partial charge in [-0.3, -0.25) is 9.63 Å². The van der Waals surface area contributed by atoms with E-state index in [9.17, 15) is 22.4 Å². The smallest absolute Gasteiger partial charge is 0.337 e. The lowest BCUT2D eigenvalue weighted by Gasteiger charge is -2.14. The van der Waals surface area contributed by atoms with E-state index in [2.05, 4.69) is 14.9 Å². The number of esters is 1. The minimum atomic E-state index is -3.85. The van der Waals surface area contributed by atoms with Gasteiger partial charge in [0.25, 0.3) is 15.9 Å². The van der Waals surface area contributed by atoms with Crippen LogP contribution in [0.25, 0.3) is 0 Å². The quantitative estimate of drug-likeness (QED) is 0.592. The number of nitrogens with zero attached hydrogens (tertiary/aromatic N) is 1. The molecule has 0 aliphatic heterocycles. The molecule has 0 atom stereocenters. The highest BCUT2D eigenvalue weighted by Crippen LogP contribution is 2.19. The minimum Gasteiger partial charge on any atom is -0.465 e. The van der Waals surface area contributed by atoms with Gasteiger partial charge in [-0.05, 0) is 42.5 Å². The Morgan fingerprint density at radius 1 is 1.04 bits per heavy atom. The Labute approximate surface area is 155 Å². The number of anilines is 1. The van der Waals surface area contributed by atoms with E-state index in [1.165, 1.54) is 51.6 Å². The summed E-state index contributed by atoms with van der Waals surface area (Å²) in [7, 11) is -0.232.